The highest BCUT2D eigenvalue weighted by atomic mass is 79.9. The number of methoxy groups -OCH3 is 1. The molecule has 8 heteroatoms. The summed E-state index contributed by atoms with van der Waals surface area (Å²) in [6.45, 7) is 2.47. The molecule has 0 unspecified atom stereocenters. The van der Waals surface area contributed by atoms with E-state index in [0.717, 1.165) is 49.9 Å². The zero-order chi connectivity index (χ0) is 26.4. The topological polar surface area (TPSA) is 52.8 Å². The first-order chi connectivity index (χ1) is 18.5. The van der Waals surface area contributed by atoms with Gasteiger partial charge in [0.2, 0.25) is 0 Å². The average molecular weight is 652 g/mol. The van der Waals surface area contributed by atoms with Gasteiger partial charge in [-0.1, -0.05) is 63.7 Å². The van der Waals surface area contributed by atoms with E-state index >= 15 is 0 Å². The Labute approximate surface area is 241 Å². The first-order valence-corrected chi connectivity index (χ1v) is 14.8. The van der Waals surface area contributed by atoms with Crippen LogP contribution in [0.15, 0.2) is 85.0 Å². The number of thiazole rings is 1. The molecule has 1 aromatic heterocycles. The van der Waals surface area contributed by atoms with Crippen molar-refractivity contribution in [3.8, 4) is 11.5 Å². The van der Waals surface area contributed by atoms with E-state index in [9.17, 15) is 4.79 Å². The number of halogens is 2. The molecule has 38 heavy (non-hydrogen) atoms. The predicted molar refractivity (Wildman–Crippen MR) is 159 cm³/mol. The fourth-order valence-electron chi connectivity index (χ4n) is 5.23. The van der Waals surface area contributed by atoms with E-state index in [2.05, 4.69) is 68.3 Å². The molecular formula is C30H24Br2N2O3S. The summed E-state index contributed by atoms with van der Waals surface area (Å²) >= 11 is 8.60. The summed E-state index contributed by atoms with van der Waals surface area (Å²) in [6, 6.07) is 20.1. The smallest absolute Gasteiger partial charge is 0.271 e. The fraction of sp³-hybridized carbons (Fsp3) is 0.200. The lowest BCUT2D eigenvalue weighted by molar-refractivity contribution is 0.337. The number of benzene rings is 3. The Kier molecular flexibility index (Phi) is 6.88. The van der Waals surface area contributed by atoms with Gasteiger partial charge < -0.3 is 9.47 Å². The van der Waals surface area contributed by atoms with Crippen LogP contribution in [-0.4, -0.2) is 18.3 Å². The highest BCUT2D eigenvalue weighted by Gasteiger charge is 2.32. The van der Waals surface area contributed by atoms with Gasteiger partial charge in [-0.3, -0.25) is 9.36 Å². The summed E-state index contributed by atoms with van der Waals surface area (Å²) in [5.41, 5.74) is 6.42. The third-order valence-corrected chi connectivity index (χ3v) is 8.95. The third kappa shape index (κ3) is 4.38. The molecule has 0 saturated heterocycles. The first kappa shape index (κ1) is 25.3. The summed E-state index contributed by atoms with van der Waals surface area (Å²) in [5, 5.41) is 0. The summed E-state index contributed by atoms with van der Waals surface area (Å²) in [6.07, 6.45) is 3.68. The highest BCUT2D eigenvalue weighted by Crippen LogP contribution is 2.41. The van der Waals surface area contributed by atoms with Crippen molar-refractivity contribution in [2.75, 3.05) is 13.7 Å². The minimum absolute atomic E-state index is 0.0569. The van der Waals surface area contributed by atoms with Crippen molar-refractivity contribution < 1.29 is 9.47 Å². The largest absolute Gasteiger partial charge is 0.497 e. The van der Waals surface area contributed by atoms with E-state index in [1.807, 2.05) is 41.8 Å². The Morgan fingerprint density at radius 1 is 1.11 bits per heavy atom. The Balaban J connectivity index is 1.61. The molecule has 4 aromatic rings. The van der Waals surface area contributed by atoms with Crippen LogP contribution in [0, 0.1) is 0 Å². The minimum atomic E-state index is -0.233. The lowest BCUT2D eigenvalue weighted by atomic mass is 9.83. The van der Waals surface area contributed by atoms with Gasteiger partial charge in [0.25, 0.3) is 5.56 Å². The molecule has 0 bridgehead atoms. The average Bonchev–Trinajstić information content (AvgIpc) is 3.23. The number of aromatic nitrogens is 1. The van der Waals surface area contributed by atoms with Gasteiger partial charge in [-0.05, 0) is 82.7 Å². The first-order valence-electron chi connectivity index (χ1n) is 12.4. The fourth-order valence-corrected chi connectivity index (χ4v) is 7.60. The van der Waals surface area contributed by atoms with E-state index in [1.54, 1.807) is 7.11 Å². The number of allylic oxidation sites excluding steroid dienone is 1. The second kappa shape index (κ2) is 10.3. The number of ether oxygens (including phenoxy) is 2. The summed E-state index contributed by atoms with van der Waals surface area (Å²) < 4.78 is 15.5. The van der Waals surface area contributed by atoms with Crippen molar-refractivity contribution in [3.05, 3.63) is 117 Å². The summed E-state index contributed by atoms with van der Waals surface area (Å²) in [7, 11) is 1.66. The van der Waals surface area contributed by atoms with E-state index in [1.165, 1.54) is 22.5 Å². The Bertz CT molecular complexity index is 1770. The molecule has 1 aliphatic heterocycles. The van der Waals surface area contributed by atoms with E-state index in [0.29, 0.717) is 21.7 Å². The zero-order valence-electron chi connectivity index (χ0n) is 20.8. The number of nitrogens with zero attached hydrogens (tertiary/aromatic N) is 2. The molecule has 2 heterocycles. The van der Waals surface area contributed by atoms with Crippen LogP contribution in [0.25, 0.3) is 11.8 Å². The van der Waals surface area contributed by atoms with Crippen LogP contribution in [0.1, 0.15) is 41.6 Å². The number of fused-ring (bicyclic) bond motifs is 3. The highest BCUT2D eigenvalue weighted by molar-refractivity contribution is 9.11. The minimum Gasteiger partial charge on any atom is -0.497 e. The molecule has 6 rings (SSSR count). The molecular weight excluding hydrogens is 628 g/mol. The maximum Gasteiger partial charge on any atom is 0.271 e. The van der Waals surface area contributed by atoms with Crippen molar-refractivity contribution >= 4 is 55.0 Å². The van der Waals surface area contributed by atoms with Crippen LogP contribution in [-0.2, 0) is 6.42 Å². The number of hydrogen-bond acceptors (Lipinski definition) is 5. The molecule has 0 radical (unpaired) electrons. The van der Waals surface area contributed by atoms with Crippen LogP contribution in [0.4, 0.5) is 0 Å². The van der Waals surface area contributed by atoms with Gasteiger partial charge in [-0.15, -0.1) is 0 Å². The molecule has 1 aliphatic carbocycles. The lowest BCUT2D eigenvalue weighted by Gasteiger charge is -2.30. The second-order valence-electron chi connectivity index (χ2n) is 9.13. The van der Waals surface area contributed by atoms with Crippen molar-refractivity contribution in [1.29, 1.82) is 0 Å². The Hall–Kier alpha value is -2.94. The van der Waals surface area contributed by atoms with Gasteiger partial charge in [0.05, 0.1) is 34.5 Å². The van der Waals surface area contributed by atoms with Crippen LogP contribution in [0.2, 0.25) is 0 Å². The maximum atomic E-state index is 14.1. The van der Waals surface area contributed by atoms with Gasteiger partial charge in [0.1, 0.15) is 11.5 Å². The molecule has 0 amide bonds. The molecule has 192 valence electrons. The molecule has 1 atom stereocenters. The van der Waals surface area contributed by atoms with Crippen molar-refractivity contribution in [2.24, 2.45) is 4.99 Å². The van der Waals surface area contributed by atoms with Crippen molar-refractivity contribution in [2.45, 2.75) is 25.8 Å². The molecule has 0 fully saturated rings. The number of aryl methyl sites for hydroxylation is 1. The summed E-state index contributed by atoms with van der Waals surface area (Å²) in [5.74, 6) is 1.49. The lowest BCUT2D eigenvalue weighted by Crippen LogP contribution is -2.38. The predicted octanol–water partition coefficient (Wildman–Crippen LogP) is 6.25. The standard InChI is InChI=1S/C30H24Br2N2O3S/c1-3-37-28-19(14-20(31)16-24(28)32)15-25-29(35)34-27(18-8-11-21(36-2)12-9-18)23-13-10-17-6-4-5-7-22(17)26(23)33-30(34)38-25/h4-9,11-12,14-16,27H,3,10,13H2,1-2H3/b25-15+/t27-/m1/s1. The van der Waals surface area contributed by atoms with Crippen molar-refractivity contribution in [3.63, 3.8) is 0 Å². The molecule has 0 N–H and O–H groups in total. The molecule has 0 saturated carbocycles. The number of rotatable bonds is 5. The van der Waals surface area contributed by atoms with Crippen LogP contribution < -0.4 is 24.4 Å². The van der Waals surface area contributed by atoms with E-state index in [4.69, 9.17) is 14.5 Å². The molecule has 3 aromatic carbocycles. The normalized spacial score (nSPS) is 16.4. The van der Waals surface area contributed by atoms with Gasteiger partial charge >= 0.3 is 0 Å². The Morgan fingerprint density at radius 3 is 2.66 bits per heavy atom. The molecule has 0 spiro atoms. The molecule has 2 aliphatic rings. The van der Waals surface area contributed by atoms with E-state index < -0.39 is 0 Å². The zero-order valence-corrected chi connectivity index (χ0v) is 24.8. The third-order valence-electron chi connectivity index (χ3n) is 6.92. The van der Waals surface area contributed by atoms with E-state index in [-0.39, 0.29) is 11.6 Å². The monoisotopic (exact) mass is 650 g/mol. The van der Waals surface area contributed by atoms with Crippen LogP contribution in [0.3, 0.4) is 0 Å². The van der Waals surface area contributed by atoms with Crippen LogP contribution in [0.5, 0.6) is 11.5 Å². The number of hydrogen-bond donors (Lipinski definition) is 0. The van der Waals surface area contributed by atoms with Crippen LogP contribution >= 0.6 is 43.2 Å². The molecule has 5 nitrogen and oxygen atoms in total. The second-order valence-corrected chi connectivity index (χ2v) is 11.9. The Morgan fingerprint density at radius 2 is 1.89 bits per heavy atom. The quantitative estimate of drug-likeness (QED) is 0.256. The van der Waals surface area contributed by atoms with Gasteiger partial charge in [0, 0.05) is 15.6 Å². The van der Waals surface area contributed by atoms with Gasteiger partial charge in [-0.2, -0.15) is 0 Å². The SMILES string of the molecule is CCOc1c(Br)cc(Br)cc1/C=c1/sc2n(c1=O)[C@H](c1ccc(OC)cc1)C1=C(N=2)c2ccccc2CC1. The van der Waals surface area contributed by atoms with Crippen molar-refractivity contribution in [1.82, 2.24) is 4.57 Å². The maximum absolute atomic E-state index is 14.1. The summed E-state index contributed by atoms with van der Waals surface area (Å²) in [4.78, 5) is 19.9. The van der Waals surface area contributed by atoms with Gasteiger partial charge in [-0.25, -0.2) is 4.99 Å². The van der Waals surface area contributed by atoms with Gasteiger partial charge in [0.15, 0.2) is 4.80 Å².